The van der Waals surface area contributed by atoms with E-state index in [1.165, 1.54) is 0 Å². The van der Waals surface area contributed by atoms with Crippen molar-refractivity contribution >= 4 is 17.7 Å². The summed E-state index contributed by atoms with van der Waals surface area (Å²) in [6.45, 7) is 0. The van der Waals surface area contributed by atoms with Crippen LogP contribution in [0.5, 0.6) is 0 Å². The predicted octanol–water partition coefficient (Wildman–Crippen LogP) is 3.01. The number of para-hydroxylation sites is 1. The minimum Gasteiger partial charge on any atom is -0.296 e. The fourth-order valence-corrected chi connectivity index (χ4v) is 1.41. The van der Waals surface area contributed by atoms with Gasteiger partial charge in [-0.1, -0.05) is 48.5 Å². The van der Waals surface area contributed by atoms with Crippen molar-refractivity contribution in [2.24, 2.45) is 4.99 Å². The van der Waals surface area contributed by atoms with Gasteiger partial charge in [-0.15, -0.1) is 0 Å². The Balaban J connectivity index is 2.38. The highest BCUT2D eigenvalue weighted by Crippen LogP contribution is 2.12. The van der Waals surface area contributed by atoms with Crippen LogP contribution in [0.2, 0.25) is 0 Å². The molecule has 0 amide bonds. The molecule has 2 aromatic rings. The molecule has 0 aliphatic carbocycles. The molecule has 0 spiro atoms. The van der Waals surface area contributed by atoms with Crippen molar-refractivity contribution in [3.63, 3.8) is 0 Å². The monoisotopic (exact) mass is 209 g/mol. The van der Waals surface area contributed by atoms with E-state index in [0.717, 1.165) is 17.5 Å². The zero-order chi connectivity index (χ0) is 11.2. The van der Waals surface area contributed by atoms with Crippen LogP contribution in [0.15, 0.2) is 65.7 Å². The van der Waals surface area contributed by atoms with E-state index in [9.17, 15) is 4.79 Å². The SMILES string of the molecule is O=CC(=Nc1ccccc1)c1ccccc1. The largest absolute Gasteiger partial charge is 0.296 e. The second-order valence-electron chi connectivity index (χ2n) is 3.32. The predicted molar refractivity (Wildman–Crippen MR) is 65.1 cm³/mol. The normalized spacial score (nSPS) is 11.1. The number of aliphatic imine (C=N–C) groups is 1. The maximum Gasteiger partial charge on any atom is 0.169 e. The van der Waals surface area contributed by atoms with E-state index in [4.69, 9.17) is 0 Å². The van der Waals surface area contributed by atoms with Gasteiger partial charge < -0.3 is 0 Å². The number of carbonyl (C=O) groups excluding carboxylic acids is 1. The van der Waals surface area contributed by atoms with Crippen LogP contribution < -0.4 is 0 Å². The molecule has 0 N–H and O–H groups in total. The van der Waals surface area contributed by atoms with E-state index >= 15 is 0 Å². The summed E-state index contributed by atoms with van der Waals surface area (Å²) < 4.78 is 0. The molecule has 0 bridgehead atoms. The zero-order valence-electron chi connectivity index (χ0n) is 8.71. The average Bonchev–Trinajstić information content (AvgIpc) is 2.38. The van der Waals surface area contributed by atoms with E-state index in [-0.39, 0.29) is 0 Å². The average molecular weight is 209 g/mol. The molecule has 2 nitrogen and oxygen atoms in total. The van der Waals surface area contributed by atoms with Crippen LogP contribution in [0, 0.1) is 0 Å². The summed E-state index contributed by atoms with van der Waals surface area (Å²) in [5.74, 6) is 0. The minimum absolute atomic E-state index is 0.451. The van der Waals surface area contributed by atoms with Gasteiger partial charge in [0, 0.05) is 5.56 Å². The summed E-state index contributed by atoms with van der Waals surface area (Å²) in [6, 6.07) is 18.9. The van der Waals surface area contributed by atoms with Gasteiger partial charge in [0.05, 0.1) is 5.69 Å². The third-order valence-electron chi connectivity index (χ3n) is 2.19. The molecule has 2 aromatic carbocycles. The summed E-state index contributed by atoms with van der Waals surface area (Å²) in [5, 5.41) is 0. The molecule has 0 saturated carbocycles. The molecule has 16 heavy (non-hydrogen) atoms. The Labute approximate surface area is 94.3 Å². The molecule has 2 rings (SSSR count). The second kappa shape index (κ2) is 5.03. The van der Waals surface area contributed by atoms with E-state index in [1.807, 2.05) is 60.7 Å². The van der Waals surface area contributed by atoms with Crippen molar-refractivity contribution in [1.82, 2.24) is 0 Å². The van der Waals surface area contributed by atoms with Gasteiger partial charge in [-0.05, 0) is 12.1 Å². The van der Waals surface area contributed by atoms with Crippen molar-refractivity contribution in [3.8, 4) is 0 Å². The van der Waals surface area contributed by atoms with Gasteiger partial charge in [-0.3, -0.25) is 4.79 Å². The van der Waals surface area contributed by atoms with Gasteiger partial charge in [0.25, 0.3) is 0 Å². The fraction of sp³-hybridized carbons (Fsp3) is 0. The first kappa shape index (κ1) is 10.3. The van der Waals surface area contributed by atoms with Crippen LogP contribution in [-0.2, 0) is 4.79 Å². The van der Waals surface area contributed by atoms with E-state index in [0.29, 0.717) is 5.71 Å². The van der Waals surface area contributed by atoms with E-state index < -0.39 is 0 Å². The number of hydrogen-bond donors (Lipinski definition) is 0. The third-order valence-corrected chi connectivity index (χ3v) is 2.19. The molecule has 0 radical (unpaired) electrons. The molecule has 0 atom stereocenters. The Morgan fingerprint density at radius 2 is 1.44 bits per heavy atom. The summed E-state index contributed by atoms with van der Waals surface area (Å²) in [4.78, 5) is 15.3. The van der Waals surface area contributed by atoms with Crippen LogP contribution in [-0.4, -0.2) is 12.0 Å². The van der Waals surface area contributed by atoms with Gasteiger partial charge in [0.15, 0.2) is 6.29 Å². The number of benzene rings is 2. The number of carbonyl (C=O) groups is 1. The fourth-order valence-electron chi connectivity index (χ4n) is 1.41. The second-order valence-corrected chi connectivity index (χ2v) is 3.32. The minimum atomic E-state index is 0.451. The van der Waals surface area contributed by atoms with Crippen LogP contribution in [0.3, 0.4) is 0 Å². The lowest BCUT2D eigenvalue weighted by Gasteiger charge is -1.99. The highest BCUT2D eigenvalue weighted by atomic mass is 16.1. The number of nitrogens with zero attached hydrogens (tertiary/aromatic N) is 1. The number of aldehydes is 1. The van der Waals surface area contributed by atoms with Crippen molar-refractivity contribution in [2.75, 3.05) is 0 Å². The molecular formula is C14H11NO. The van der Waals surface area contributed by atoms with Gasteiger partial charge in [0.2, 0.25) is 0 Å². The lowest BCUT2D eigenvalue weighted by Crippen LogP contribution is -2.00. The molecule has 0 aromatic heterocycles. The zero-order valence-corrected chi connectivity index (χ0v) is 8.71. The molecule has 0 unspecified atom stereocenters. The van der Waals surface area contributed by atoms with E-state index in [2.05, 4.69) is 4.99 Å². The van der Waals surface area contributed by atoms with Gasteiger partial charge >= 0.3 is 0 Å². The molecule has 0 fully saturated rings. The number of hydrogen-bond acceptors (Lipinski definition) is 2. The molecule has 2 heteroatoms. The summed E-state index contributed by atoms with van der Waals surface area (Å²) in [7, 11) is 0. The van der Waals surface area contributed by atoms with Gasteiger partial charge in [0.1, 0.15) is 5.71 Å². The molecule has 0 aliphatic heterocycles. The Hall–Kier alpha value is -2.22. The highest BCUT2D eigenvalue weighted by Gasteiger charge is 2.00. The maximum atomic E-state index is 11.0. The number of rotatable bonds is 3. The first-order valence-corrected chi connectivity index (χ1v) is 5.04. The molecule has 0 heterocycles. The standard InChI is InChI=1S/C14H11NO/c16-11-14(12-7-3-1-4-8-12)15-13-9-5-2-6-10-13/h1-11H. The van der Waals surface area contributed by atoms with Crippen molar-refractivity contribution in [3.05, 3.63) is 66.2 Å². The Kier molecular flexibility index (Phi) is 3.24. The highest BCUT2D eigenvalue weighted by molar-refractivity contribution is 6.36. The smallest absolute Gasteiger partial charge is 0.169 e. The van der Waals surface area contributed by atoms with Crippen molar-refractivity contribution < 1.29 is 4.79 Å². The van der Waals surface area contributed by atoms with Crippen LogP contribution in [0.25, 0.3) is 0 Å². The Bertz CT molecular complexity index is 489. The first-order chi connectivity index (χ1) is 7.90. The first-order valence-electron chi connectivity index (χ1n) is 5.04. The van der Waals surface area contributed by atoms with Gasteiger partial charge in [-0.25, -0.2) is 4.99 Å². The third kappa shape index (κ3) is 2.42. The quantitative estimate of drug-likeness (QED) is 0.564. The Morgan fingerprint density at radius 3 is 2.00 bits per heavy atom. The Morgan fingerprint density at radius 1 is 0.875 bits per heavy atom. The lowest BCUT2D eigenvalue weighted by atomic mass is 10.1. The maximum absolute atomic E-state index is 11.0. The van der Waals surface area contributed by atoms with Crippen molar-refractivity contribution in [2.45, 2.75) is 0 Å². The van der Waals surface area contributed by atoms with Gasteiger partial charge in [-0.2, -0.15) is 0 Å². The molecular weight excluding hydrogens is 198 g/mol. The molecule has 0 aliphatic rings. The summed E-state index contributed by atoms with van der Waals surface area (Å²) in [6.07, 6.45) is 0.780. The van der Waals surface area contributed by atoms with E-state index in [1.54, 1.807) is 0 Å². The van der Waals surface area contributed by atoms with Crippen LogP contribution in [0.4, 0.5) is 5.69 Å². The topological polar surface area (TPSA) is 29.4 Å². The molecule has 0 saturated heterocycles. The summed E-state index contributed by atoms with van der Waals surface area (Å²) >= 11 is 0. The lowest BCUT2D eigenvalue weighted by molar-refractivity contribution is -0.102. The summed E-state index contributed by atoms with van der Waals surface area (Å²) in [5.41, 5.74) is 2.07. The van der Waals surface area contributed by atoms with Crippen LogP contribution in [0.1, 0.15) is 5.56 Å². The molecule has 78 valence electrons. The van der Waals surface area contributed by atoms with Crippen LogP contribution >= 0.6 is 0 Å². The van der Waals surface area contributed by atoms with Crippen molar-refractivity contribution in [1.29, 1.82) is 0 Å².